The number of aliphatic hydroxyl groups is 1. The van der Waals surface area contributed by atoms with Gasteiger partial charge in [0.25, 0.3) is 0 Å². The van der Waals surface area contributed by atoms with Crippen molar-refractivity contribution in [1.82, 2.24) is 4.98 Å². The highest BCUT2D eigenvalue weighted by atomic mass is 32.1. The largest absolute Gasteiger partial charge is 0.378 e. The molecule has 0 amide bonds. The lowest BCUT2D eigenvalue weighted by atomic mass is 9.87. The van der Waals surface area contributed by atoms with Crippen LogP contribution in [0, 0.1) is 17.1 Å². The third-order valence-electron chi connectivity index (χ3n) is 3.97. The fourth-order valence-electron chi connectivity index (χ4n) is 2.60. The van der Waals surface area contributed by atoms with Gasteiger partial charge in [0.05, 0.1) is 11.6 Å². The molecule has 1 N–H and O–H groups in total. The Morgan fingerprint density at radius 2 is 1.83 bits per heavy atom. The number of aromatic nitrogens is 1. The first-order chi connectivity index (χ1) is 11.6. The highest BCUT2D eigenvalue weighted by Crippen LogP contribution is 2.35. The second kappa shape index (κ2) is 6.91. The Hall–Kier alpha value is -2.55. The predicted octanol–water partition coefficient (Wildman–Crippen LogP) is 4.02. The monoisotopic (exact) mass is 338 g/mol. The molecule has 1 heterocycles. The number of benzene rings is 2. The summed E-state index contributed by atoms with van der Waals surface area (Å²) < 4.78 is 13.0. The quantitative estimate of drug-likeness (QED) is 0.764. The van der Waals surface area contributed by atoms with Gasteiger partial charge < -0.3 is 5.11 Å². The van der Waals surface area contributed by atoms with E-state index in [0.717, 1.165) is 5.56 Å². The van der Waals surface area contributed by atoms with Gasteiger partial charge in [-0.15, -0.1) is 11.3 Å². The highest BCUT2D eigenvalue weighted by Gasteiger charge is 2.33. The van der Waals surface area contributed by atoms with E-state index in [4.69, 9.17) is 5.26 Å². The van der Waals surface area contributed by atoms with Gasteiger partial charge in [-0.25, -0.2) is 9.37 Å². The average Bonchev–Trinajstić information content (AvgIpc) is 3.16. The van der Waals surface area contributed by atoms with E-state index in [-0.39, 0.29) is 5.82 Å². The first-order valence-electron chi connectivity index (χ1n) is 7.49. The van der Waals surface area contributed by atoms with Gasteiger partial charge in [0.15, 0.2) is 0 Å². The van der Waals surface area contributed by atoms with Crippen LogP contribution in [0.2, 0.25) is 0 Å². The Bertz CT molecular complexity index is 839. The van der Waals surface area contributed by atoms with E-state index >= 15 is 0 Å². The molecule has 5 heteroatoms. The van der Waals surface area contributed by atoms with Gasteiger partial charge in [0.2, 0.25) is 0 Å². The Balaban J connectivity index is 1.90. The molecule has 0 fully saturated rings. The zero-order valence-electron chi connectivity index (χ0n) is 12.8. The molecule has 0 bridgehead atoms. The summed E-state index contributed by atoms with van der Waals surface area (Å²) in [7, 11) is 0. The zero-order chi connectivity index (χ0) is 17.0. The number of nitriles is 1. The lowest BCUT2D eigenvalue weighted by Gasteiger charge is -2.27. The summed E-state index contributed by atoms with van der Waals surface area (Å²) in [4.78, 5) is 4.28. The third-order valence-corrected chi connectivity index (χ3v) is 4.89. The van der Waals surface area contributed by atoms with Crippen molar-refractivity contribution in [2.75, 3.05) is 0 Å². The second-order valence-corrected chi connectivity index (χ2v) is 6.41. The van der Waals surface area contributed by atoms with Crippen LogP contribution >= 0.6 is 11.3 Å². The van der Waals surface area contributed by atoms with Gasteiger partial charge in [-0.05, 0) is 48.2 Å². The molecule has 0 aliphatic heterocycles. The number of hydrogen-bond acceptors (Lipinski definition) is 4. The maximum atomic E-state index is 13.0. The predicted molar refractivity (Wildman–Crippen MR) is 91.0 cm³/mol. The van der Waals surface area contributed by atoms with Crippen molar-refractivity contribution in [3.05, 3.63) is 87.6 Å². The van der Waals surface area contributed by atoms with Crippen molar-refractivity contribution in [3.63, 3.8) is 0 Å². The van der Waals surface area contributed by atoms with Crippen LogP contribution in [0.4, 0.5) is 4.39 Å². The van der Waals surface area contributed by atoms with Crippen molar-refractivity contribution in [2.24, 2.45) is 0 Å². The number of rotatable bonds is 5. The Morgan fingerprint density at radius 1 is 1.12 bits per heavy atom. The summed E-state index contributed by atoms with van der Waals surface area (Å²) >= 11 is 1.39. The van der Waals surface area contributed by atoms with E-state index in [1.54, 1.807) is 42.6 Å². The normalized spacial score (nSPS) is 13.2. The molecule has 0 spiro atoms. The topological polar surface area (TPSA) is 56.9 Å². The molecule has 1 unspecified atom stereocenters. The molecule has 120 valence electrons. The SMILES string of the molecule is N#Cc1ccc(C(O)(CCc2ccc(F)cc2)c2nccs2)cc1. The van der Waals surface area contributed by atoms with Crippen molar-refractivity contribution in [2.45, 2.75) is 18.4 Å². The summed E-state index contributed by atoms with van der Waals surface area (Å²) in [5, 5.41) is 22.7. The van der Waals surface area contributed by atoms with Gasteiger partial charge >= 0.3 is 0 Å². The number of aryl methyl sites for hydroxylation is 1. The summed E-state index contributed by atoms with van der Waals surface area (Å²) in [5.41, 5.74) is 0.939. The number of nitrogens with zero attached hydrogens (tertiary/aromatic N) is 2. The molecule has 24 heavy (non-hydrogen) atoms. The summed E-state index contributed by atoms with van der Waals surface area (Å²) in [6.07, 6.45) is 2.65. The number of hydrogen-bond donors (Lipinski definition) is 1. The van der Waals surface area contributed by atoms with Crippen LogP contribution in [-0.4, -0.2) is 10.1 Å². The van der Waals surface area contributed by atoms with E-state index in [9.17, 15) is 9.50 Å². The molecule has 0 aliphatic carbocycles. The minimum absolute atomic E-state index is 0.277. The first-order valence-corrected chi connectivity index (χ1v) is 8.37. The smallest absolute Gasteiger partial charge is 0.141 e. The lowest BCUT2D eigenvalue weighted by molar-refractivity contribution is 0.0710. The molecule has 2 aromatic carbocycles. The molecule has 1 aromatic heterocycles. The molecule has 3 rings (SSSR count). The minimum Gasteiger partial charge on any atom is -0.378 e. The van der Waals surface area contributed by atoms with Crippen LogP contribution in [0.1, 0.15) is 28.1 Å². The van der Waals surface area contributed by atoms with E-state index in [1.165, 1.54) is 23.5 Å². The number of thiazole rings is 1. The van der Waals surface area contributed by atoms with Gasteiger partial charge in [-0.3, -0.25) is 0 Å². The maximum Gasteiger partial charge on any atom is 0.141 e. The molecule has 3 aromatic rings. The fraction of sp³-hybridized carbons (Fsp3) is 0.158. The highest BCUT2D eigenvalue weighted by molar-refractivity contribution is 7.09. The number of halogens is 1. The van der Waals surface area contributed by atoms with Crippen molar-refractivity contribution in [3.8, 4) is 6.07 Å². The van der Waals surface area contributed by atoms with Crippen LogP contribution in [0.25, 0.3) is 0 Å². The molecule has 1 atom stereocenters. The Labute approximate surface area is 143 Å². The van der Waals surface area contributed by atoms with Crippen molar-refractivity contribution < 1.29 is 9.50 Å². The molecule has 0 radical (unpaired) electrons. The van der Waals surface area contributed by atoms with Crippen LogP contribution in [0.5, 0.6) is 0 Å². The first kappa shape index (κ1) is 16.3. The van der Waals surface area contributed by atoms with Crippen molar-refractivity contribution >= 4 is 11.3 Å². The summed E-state index contributed by atoms with van der Waals surface area (Å²) in [5.74, 6) is -0.277. The van der Waals surface area contributed by atoms with Gasteiger partial charge in [0, 0.05) is 11.6 Å². The van der Waals surface area contributed by atoms with Crippen LogP contribution < -0.4 is 0 Å². The van der Waals surface area contributed by atoms with Crippen molar-refractivity contribution in [1.29, 1.82) is 5.26 Å². The van der Waals surface area contributed by atoms with Gasteiger partial charge in [0.1, 0.15) is 16.4 Å². The van der Waals surface area contributed by atoms with E-state index in [2.05, 4.69) is 11.1 Å². The van der Waals surface area contributed by atoms with Crippen LogP contribution in [0.15, 0.2) is 60.1 Å². The Morgan fingerprint density at radius 3 is 2.42 bits per heavy atom. The van der Waals surface area contributed by atoms with Gasteiger partial charge in [-0.1, -0.05) is 24.3 Å². The third kappa shape index (κ3) is 3.35. The molecule has 0 saturated carbocycles. The molecular weight excluding hydrogens is 323 g/mol. The zero-order valence-corrected chi connectivity index (χ0v) is 13.6. The fourth-order valence-corrected chi connectivity index (χ4v) is 3.39. The Kier molecular flexibility index (Phi) is 4.70. The molecular formula is C19H15FN2OS. The summed E-state index contributed by atoms with van der Waals surface area (Å²) in [6.45, 7) is 0. The summed E-state index contributed by atoms with van der Waals surface area (Å²) in [6, 6.07) is 15.2. The standard InChI is InChI=1S/C19H15FN2OS/c20-17-7-3-14(4-8-17)9-10-19(23,18-22-11-12-24-18)16-5-1-15(13-21)2-6-16/h1-8,11-12,23H,9-10H2. The van der Waals surface area contributed by atoms with E-state index in [0.29, 0.717) is 29.0 Å². The van der Waals surface area contributed by atoms with Crippen LogP contribution in [-0.2, 0) is 12.0 Å². The lowest BCUT2D eigenvalue weighted by Crippen LogP contribution is -2.28. The van der Waals surface area contributed by atoms with Gasteiger partial charge in [-0.2, -0.15) is 5.26 Å². The molecule has 3 nitrogen and oxygen atoms in total. The molecule has 0 saturated heterocycles. The average molecular weight is 338 g/mol. The van der Waals surface area contributed by atoms with E-state index < -0.39 is 5.60 Å². The molecule has 0 aliphatic rings. The van der Waals surface area contributed by atoms with E-state index in [1.807, 2.05) is 5.38 Å². The maximum absolute atomic E-state index is 13.0. The second-order valence-electron chi connectivity index (χ2n) is 5.51. The van der Waals surface area contributed by atoms with Crippen LogP contribution in [0.3, 0.4) is 0 Å². The minimum atomic E-state index is -1.24.